The van der Waals surface area contributed by atoms with Crippen molar-refractivity contribution in [3.8, 4) is 11.5 Å². The Balaban J connectivity index is 1.52. The summed E-state index contributed by atoms with van der Waals surface area (Å²) in [6.07, 6.45) is 2.09. The number of amides is 4. The molecule has 2 saturated heterocycles. The molecule has 5 rings (SSSR count). The van der Waals surface area contributed by atoms with E-state index in [1.54, 1.807) is 12.1 Å². The summed E-state index contributed by atoms with van der Waals surface area (Å²) in [6.45, 7) is -0.0641. The van der Waals surface area contributed by atoms with Crippen LogP contribution in [0.5, 0.6) is 11.5 Å². The lowest BCUT2D eigenvalue weighted by Gasteiger charge is -2.44. The molecule has 4 aliphatic rings. The van der Waals surface area contributed by atoms with E-state index in [4.69, 9.17) is 14.9 Å². The first kappa shape index (κ1) is 28.3. The number of likely N-dealkylation sites (tertiary alicyclic amines) is 2. The lowest BCUT2D eigenvalue weighted by atomic mass is 9.57. The van der Waals surface area contributed by atoms with Crippen molar-refractivity contribution in [2.45, 2.75) is 44.4 Å². The molecule has 1 saturated carbocycles. The number of ether oxygens (including phenoxy) is 1. The third-order valence-electron chi connectivity index (χ3n) is 8.95. The highest BCUT2D eigenvalue weighted by molar-refractivity contribution is 6.08. The maximum atomic E-state index is 13.7. The molecule has 6 atom stereocenters. The monoisotopic (exact) mass is 568 g/mol. The minimum absolute atomic E-state index is 0.0114. The first-order valence-corrected chi connectivity index (χ1v) is 13.8. The Labute approximate surface area is 235 Å². The van der Waals surface area contributed by atoms with Gasteiger partial charge in [-0.05, 0) is 37.7 Å². The van der Waals surface area contributed by atoms with Gasteiger partial charge in [0.05, 0.1) is 30.8 Å². The number of carboxylic acids is 2. The number of aliphatic carboxylic acids is 2. The fraction of sp³-hybridized carbons (Fsp3) is 0.517. The third-order valence-corrected chi connectivity index (χ3v) is 8.95. The number of carbonyl (C=O) groups excluding carboxylic acids is 4. The molecule has 3 N–H and O–H groups in total. The van der Waals surface area contributed by atoms with Gasteiger partial charge in [-0.1, -0.05) is 17.7 Å². The van der Waals surface area contributed by atoms with Gasteiger partial charge in [-0.3, -0.25) is 38.6 Å². The lowest BCUT2D eigenvalue weighted by Crippen LogP contribution is -2.43. The van der Waals surface area contributed by atoms with E-state index in [1.165, 1.54) is 13.2 Å². The quantitative estimate of drug-likeness (QED) is 0.278. The van der Waals surface area contributed by atoms with Gasteiger partial charge < -0.3 is 20.1 Å². The van der Waals surface area contributed by atoms with Crippen LogP contribution in [0.15, 0.2) is 29.8 Å². The summed E-state index contributed by atoms with van der Waals surface area (Å²) in [7, 11) is 1.45. The zero-order valence-electron chi connectivity index (χ0n) is 22.5. The number of fused-ring (bicyclic) bond motifs is 4. The standard InChI is InChI=1S/C29H32N2O10/c1-41-14-6-7-16(20(32)12-14)23-15-8-9-17-24(28(39)30(26(17)37)10-2-4-21(33)34)18(15)13-19-25(23)29(40)31(27(19)38)11-3-5-22(35)36/h6-8,12,17-19,23-25,32H,2-5,9-11,13H2,1H3,(H,33,34)(H,35,36)/t17-,18+,19+,23+,24-,25+/m0/s1. The smallest absolute Gasteiger partial charge is 0.303 e. The number of methoxy groups -OCH3 is 1. The van der Waals surface area contributed by atoms with Crippen LogP contribution in [-0.2, 0) is 28.8 Å². The van der Waals surface area contributed by atoms with E-state index in [2.05, 4.69) is 0 Å². The van der Waals surface area contributed by atoms with Crippen LogP contribution in [0.4, 0.5) is 0 Å². The highest BCUT2D eigenvalue weighted by Gasteiger charge is 2.62. The Morgan fingerprint density at radius 2 is 1.44 bits per heavy atom. The molecular formula is C29H32N2O10. The summed E-state index contributed by atoms with van der Waals surface area (Å²) < 4.78 is 5.21. The Kier molecular flexibility index (Phi) is 7.58. The van der Waals surface area contributed by atoms with E-state index in [0.29, 0.717) is 11.3 Å². The number of phenols is 1. The van der Waals surface area contributed by atoms with Crippen molar-refractivity contribution in [2.75, 3.05) is 20.2 Å². The minimum atomic E-state index is -1.04. The molecule has 0 radical (unpaired) electrons. The number of carbonyl (C=O) groups is 6. The highest BCUT2D eigenvalue weighted by atomic mass is 16.5. The highest BCUT2D eigenvalue weighted by Crippen LogP contribution is 2.58. The molecule has 1 aromatic carbocycles. The normalized spacial score (nSPS) is 28.8. The van der Waals surface area contributed by atoms with Gasteiger partial charge in [0.2, 0.25) is 23.6 Å². The second-order valence-corrected chi connectivity index (χ2v) is 11.1. The van der Waals surface area contributed by atoms with Gasteiger partial charge in [0, 0.05) is 43.5 Å². The number of phenolic OH excluding ortho intramolecular Hbond substituents is 1. The van der Waals surface area contributed by atoms with E-state index in [-0.39, 0.29) is 63.3 Å². The van der Waals surface area contributed by atoms with Crippen molar-refractivity contribution in [1.29, 1.82) is 0 Å². The number of hydrogen-bond acceptors (Lipinski definition) is 8. The summed E-state index contributed by atoms with van der Waals surface area (Å²) in [5.41, 5.74) is 1.12. The Hall–Kier alpha value is -4.22. The fourth-order valence-electron chi connectivity index (χ4n) is 7.20. The van der Waals surface area contributed by atoms with Crippen LogP contribution in [0.25, 0.3) is 0 Å². The van der Waals surface area contributed by atoms with Crippen LogP contribution in [0, 0.1) is 29.6 Å². The molecule has 218 valence electrons. The lowest BCUT2D eigenvalue weighted by molar-refractivity contribution is -0.143. The van der Waals surface area contributed by atoms with E-state index < -0.39 is 65.2 Å². The van der Waals surface area contributed by atoms with Crippen LogP contribution in [0.3, 0.4) is 0 Å². The van der Waals surface area contributed by atoms with Crippen LogP contribution >= 0.6 is 0 Å². The zero-order chi connectivity index (χ0) is 29.6. The molecule has 2 heterocycles. The molecule has 12 nitrogen and oxygen atoms in total. The summed E-state index contributed by atoms with van der Waals surface area (Å²) in [5, 5.41) is 29.0. The third kappa shape index (κ3) is 4.85. The SMILES string of the molecule is COc1ccc([C@H]2C3=CC[C@@H]4C(=O)N(CCCC(=O)O)C(=O)[C@@H]4[C@@H]3C[C@H]3C(=O)N(CCCC(=O)O)C(=O)[C@@H]23)c(O)c1. The maximum Gasteiger partial charge on any atom is 0.303 e. The van der Waals surface area contributed by atoms with Crippen LogP contribution in [0.1, 0.15) is 50.0 Å². The molecule has 0 spiro atoms. The number of nitrogens with zero attached hydrogens (tertiary/aromatic N) is 2. The van der Waals surface area contributed by atoms with Gasteiger partial charge >= 0.3 is 11.9 Å². The van der Waals surface area contributed by atoms with Crippen molar-refractivity contribution in [1.82, 2.24) is 9.80 Å². The topological polar surface area (TPSA) is 179 Å². The van der Waals surface area contributed by atoms with Gasteiger partial charge in [-0.15, -0.1) is 0 Å². The molecule has 12 heteroatoms. The fourth-order valence-corrected chi connectivity index (χ4v) is 7.20. The van der Waals surface area contributed by atoms with E-state index in [9.17, 15) is 33.9 Å². The predicted molar refractivity (Wildman–Crippen MR) is 139 cm³/mol. The van der Waals surface area contributed by atoms with Gasteiger partial charge in [-0.25, -0.2) is 0 Å². The van der Waals surface area contributed by atoms with Crippen LogP contribution < -0.4 is 4.74 Å². The second kappa shape index (κ2) is 11.0. The summed E-state index contributed by atoms with van der Waals surface area (Å²) in [5.74, 6) is -7.84. The van der Waals surface area contributed by atoms with Gasteiger partial charge in [0.15, 0.2) is 0 Å². The molecule has 41 heavy (non-hydrogen) atoms. The van der Waals surface area contributed by atoms with Crippen molar-refractivity contribution in [3.05, 3.63) is 35.4 Å². The Morgan fingerprint density at radius 1 is 0.854 bits per heavy atom. The van der Waals surface area contributed by atoms with Gasteiger partial charge in [0.25, 0.3) is 0 Å². The van der Waals surface area contributed by atoms with Crippen LogP contribution in [0.2, 0.25) is 0 Å². The molecular weight excluding hydrogens is 536 g/mol. The van der Waals surface area contributed by atoms with Gasteiger partial charge in [0.1, 0.15) is 11.5 Å². The molecule has 3 fully saturated rings. The second-order valence-electron chi connectivity index (χ2n) is 11.1. The molecule has 0 bridgehead atoms. The average Bonchev–Trinajstić information content (AvgIpc) is 3.31. The number of carboxylic acid groups (broad SMARTS) is 2. The van der Waals surface area contributed by atoms with Crippen molar-refractivity contribution in [3.63, 3.8) is 0 Å². The summed E-state index contributed by atoms with van der Waals surface area (Å²) >= 11 is 0. The molecule has 2 aliphatic carbocycles. The summed E-state index contributed by atoms with van der Waals surface area (Å²) in [6, 6.07) is 4.69. The van der Waals surface area contributed by atoms with Crippen molar-refractivity contribution in [2.24, 2.45) is 29.6 Å². The average molecular weight is 569 g/mol. The van der Waals surface area contributed by atoms with E-state index in [1.807, 2.05) is 6.08 Å². The van der Waals surface area contributed by atoms with Crippen molar-refractivity contribution >= 4 is 35.6 Å². The van der Waals surface area contributed by atoms with E-state index in [0.717, 1.165) is 15.4 Å². The van der Waals surface area contributed by atoms with E-state index >= 15 is 0 Å². The molecule has 4 amide bonds. The number of rotatable bonds is 10. The Morgan fingerprint density at radius 3 is 2.00 bits per heavy atom. The predicted octanol–water partition coefficient (Wildman–Crippen LogP) is 1.77. The number of allylic oxidation sites excluding steroid dienone is 2. The van der Waals surface area contributed by atoms with Gasteiger partial charge in [-0.2, -0.15) is 0 Å². The molecule has 1 aromatic rings. The molecule has 0 aromatic heterocycles. The Bertz CT molecular complexity index is 1350. The zero-order valence-corrected chi connectivity index (χ0v) is 22.5. The molecule has 0 unspecified atom stereocenters. The first-order valence-electron chi connectivity index (χ1n) is 13.8. The number of benzene rings is 1. The number of aromatic hydroxyl groups is 1. The summed E-state index contributed by atoms with van der Waals surface area (Å²) in [4.78, 5) is 78.5. The minimum Gasteiger partial charge on any atom is -0.508 e. The van der Waals surface area contributed by atoms with Crippen molar-refractivity contribution < 1.29 is 48.8 Å². The first-order chi connectivity index (χ1) is 19.5. The maximum absolute atomic E-state index is 13.7. The molecule has 2 aliphatic heterocycles. The largest absolute Gasteiger partial charge is 0.508 e. The number of hydrogen-bond donors (Lipinski definition) is 3. The van der Waals surface area contributed by atoms with Crippen LogP contribution in [-0.4, -0.2) is 80.9 Å². The number of imide groups is 2.